The van der Waals surface area contributed by atoms with E-state index >= 15 is 0 Å². The van der Waals surface area contributed by atoms with Crippen LogP contribution in [0.1, 0.15) is 58.7 Å². The highest BCUT2D eigenvalue weighted by molar-refractivity contribution is 4.97. The second-order valence-corrected chi connectivity index (χ2v) is 7.06. The van der Waals surface area contributed by atoms with Crippen molar-refractivity contribution in [3.05, 3.63) is 18.2 Å². The maximum atomic E-state index is 4.58. The highest BCUT2D eigenvalue weighted by Crippen LogP contribution is 2.35. The molecule has 1 fully saturated rings. The third-order valence-electron chi connectivity index (χ3n) is 5.37. The van der Waals surface area contributed by atoms with Crippen LogP contribution in [0.3, 0.4) is 0 Å². The number of aryl methyl sites for hydroxylation is 1. The molecule has 0 radical (unpaired) electrons. The summed E-state index contributed by atoms with van der Waals surface area (Å²) in [5.74, 6) is 3.86. The lowest BCUT2D eigenvalue weighted by molar-refractivity contribution is 0.190. The minimum absolute atomic E-state index is 0.580. The van der Waals surface area contributed by atoms with Crippen LogP contribution in [0.5, 0.6) is 0 Å². The number of likely N-dealkylation sites (N-methyl/N-ethyl adjacent to an activating group) is 1. The van der Waals surface area contributed by atoms with Gasteiger partial charge in [0.15, 0.2) is 0 Å². The lowest BCUT2D eigenvalue weighted by Gasteiger charge is -2.35. The highest BCUT2D eigenvalue weighted by atomic mass is 15.1. The molecule has 3 heteroatoms. The third-order valence-corrected chi connectivity index (χ3v) is 5.37. The normalized spacial score (nSPS) is 24.4. The molecule has 1 aromatic rings. The fourth-order valence-electron chi connectivity index (χ4n) is 3.89. The Morgan fingerprint density at radius 1 is 1.24 bits per heavy atom. The molecule has 1 aromatic heterocycles. The molecule has 21 heavy (non-hydrogen) atoms. The predicted octanol–water partition coefficient (Wildman–Crippen LogP) is 3.89. The van der Waals surface area contributed by atoms with Crippen LogP contribution in [0.4, 0.5) is 0 Å². The Hall–Kier alpha value is -0.830. The summed E-state index contributed by atoms with van der Waals surface area (Å²) in [6.45, 7) is 8.07. The zero-order valence-corrected chi connectivity index (χ0v) is 14.3. The van der Waals surface area contributed by atoms with E-state index in [-0.39, 0.29) is 0 Å². The summed E-state index contributed by atoms with van der Waals surface area (Å²) in [6, 6.07) is 0.580. The molecule has 1 atom stereocenters. The van der Waals surface area contributed by atoms with Crippen LogP contribution in [-0.2, 0) is 13.0 Å². The molecule has 2 rings (SSSR count). The molecule has 1 saturated carbocycles. The summed E-state index contributed by atoms with van der Waals surface area (Å²) in [4.78, 5) is 4.58. The SMILES string of the molecule is CCCn1ccnc1CC(NC)C1CCC(C(C)C)CC1. The van der Waals surface area contributed by atoms with E-state index in [9.17, 15) is 0 Å². The van der Waals surface area contributed by atoms with Gasteiger partial charge in [0.05, 0.1) is 0 Å². The van der Waals surface area contributed by atoms with Gasteiger partial charge in [0.1, 0.15) is 5.82 Å². The maximum absolute atomic E-state index is 4.58. The summed E-state index contributed by atoms with van der Waals surface area (Å²) in [5, 5.41) is 3.57. The quantitative estimate of drug-likeness (QED) is 0.826. The van der Waals surface area contributed by atoms with Gasteiger partial charge in [0, 0.05) is 31.4 Å². The van der Waals surface area contributed by atoms with E-state index in [2.05, 4.69) is 48.9 Å². The Kier molecular flexibility index (Phi) is 6.28. The zero-order chi connectivity index (χ0) is 15.2. The fourth-order valence-corrected chi connectivity index (χ4v) is 3.89. The summed E-state index contributed by atoms with van der Waals surface area (Å²) in [6.07, 6.45) is 11.9. The summed E-state index contributed by atoms with van der Waals surface area (Å²) in [5.41, 5.74) is 0. The van der Waals surface area contributed by atoms with E-state index in [1.807, 2.05) is 6.20 Å². The zero-order valence-electron chi connectivity index (χ0n) is 14.3. The molecule has 3 nitrogen and oxygen atoms in total. The molecule has 0 amide bonds. The van der Waals surface area contributed by atoms with E-state index in [1.54, 1.807) is 0 Å². The van der Waals surface area contributed by atoms with Crippen LogP contribution in [0.15, 0.2) is 12.4 Å². The Bertz CT molecular complexity index is 402. The van der Waals surface area contributed by atoms with Crippen LogP contribution in [0.2, 0.25) is 0 Å². The molecule has 0 spiro atoms. The average molecular weight is 291 g/mol. The van der Waals surface area contributed by atoms with Crippen LogP contribution >= 0.6 is 0 Å². The van der Waals surface area contributed by atoms with Gasteiger partial charge in [-0.3, -0.25) is 0 Å². The second kappa shape index (κ2) is 7.98. The Morgan fingerprint density at radius 2 is 1.90 bits per heavy atom. The van der Waals surface area contributed by atoms with E-state index in [4.69, 9.17) is 0 Å². The number of imidazole rings is 1. The van der Waals surface area contributed by atoms with Gasteiger partial charge in [0.2, 0.25) is 0 Å². The summed E-state index contributed by atoms with van der Waals surface area (Å²) in [7, 11) is 2.12. The van der Waals surface area contributed by atoms with Gasteiger partial charge in [-0.1, -0.05) is 20.8 Å². The molecule has 0 aliphatic heterocycles. The highest BCUT2D eigenvalue weighted by Gasteiger charge is 2.28. The number of hydrogen-bond acceptors (Lipinski definition) is 2. The Morgan fingerprint density at radius 3 is 2.48 bits per heavy atom. The fraction of sp³-hybridized carbons (Fsp3) is 0.833. The van der Waals surface area contributed by atoms with Gasteiger partial charge in [-0.2, -0.15) is 0 Å². The van der Waals surface area contributed by atoms with E-state index in [0.29, 0.717) is 6.04 Å². The van der Waals surface area contributed by atoms with Crippen molar-refractivity contribution in [2.45, 2.75) is 71.9 Å². The van der Waals surface area contributed by atoms with Crippen LogP contribution in [-0.4, -0.2) is 22.6 Å². The van der Waals surface area contributed by atoms with Crippen molar-refractivity contribution in [3.8, 4) is 0 Å². The Labute approximate surface area is 130 Å². The molecule has 0 saturated heterocycles. The molecule has 1 aliphatic rings. The number of nitrogens with zero attached hydrogens (tertiary/aromatic N) is 2. The summed E-state index contributed by atoms with van der Waals surface area (Å²) >= 11 is 0. The first-order valence-corrected chi connectivity index (χ1v) is 8.83. The molecule has 1 aliphatic carbocycles. The number of rotatable bonds is 7. The lowest BCUT2D eigenvalue weighted by atomic mass is 9.74. The van der Waals surface area contributed by atoms with Crippen molar-refractivity contribution in [2.75, 3.05) is 7.05 Å². The van der Waals surface area contributed by atoms with Crippen molar-refractivity contribution in [1.82, 2.24) is 14.9 Å². The molecule has 1 N–H and O–H groups in total. The van der Waals surface area contributed by atoms with Crippen molar-refractivity contribution < 1.29 is 0 Å². The van der Waals surface area contributed by atoms with E-state index in [1.165, 1.54) is 37.9 Å². The number of nitrogens with one attached hydrogen (secondary N) is 1. The second-order valence-electron chi connectivity index (χ2n) is 7.06. The van der Waals surface area contributed by atoms with Crippen LogP contribution in [0.25, 0.3) is 0 Å². The molecular formula is C18H33N3. The van der Waals surface area contributed by atoms with Crippen LogP contribution in [0, 0.1) is 17.8 Å². The largest absolute Gasteiger partial charge is 0.335 e. The molecule has 1 heterocycles. The van der Waals surface area contributed by atoms with Gasteiger partial charge < -0.3 is 9.88 Å². The van der Waals surface area contributed by atoms with E-state index in [0.717, 1.165) is 30.7 Å². The van der Waals surface area contributed by atoms with E-state index < -0.39 is 0 Å². The van der Waals surface area contributed by atoms with Gasteiger partial charge in [-0.25, -0.2) is 4.98 Å². The monoisotopic (exact) mass is 291 g/mol. The molecule has 0 aromatic carbocycles. The average Bonchev–Trinajstić information content (AvgIpc) is 2.92. The molecule has 0 bridgehead atoms. The third kappa shape index (κ3) is 4.32. The van der Waals surface area contributed by atoms with Crippen molar-refractivity contribution in [3.63, 3.8) is 0 Å². The minimum atomic E-state index is 0.580. The molecular weight excluding hydrogens is 258 g/mol. The van der Waals surface area contributed by atoms with Crippen molar-refractivity contribution in [1.29, 1.82) is 0 Å². The van der Waals surface area contributed by atoms with Gasteiger partial charge in [0.25, 0.3) is 0 Å². The minimum Gasteiger partial charge on any atom is -0.335 e. The number of hydrogen-bond donors (Lipinski definition) is 1. The van der Waals surface area contributed by atoms with Gasteiger partial charge >= 0.3 is 0 Å². The topological polar surface area (TPSA) is 29.9 Å². The number of aromatic nitrogens is 2. The first kappa shape index (κ1) is 16.5. The van der Waals surface area contributed by atoms with Gasteiger partial charge in [-0.05, 0) is 56.9 Å². The van der Waals surface area contributed by atoms with Crippen LogP contribution < -0.4 is 5.32 Å². The lowest BCUT2D eigenvalue weighted by Crippen LogP contribution is -2.38. The first-order chi connectivity index (χ1) is 10.2. The molecule has 120 valence electrons. The predicted molar refractivity (Wildman–Crippen MR) is 89.4 cm³/mol. The first-order valence-electron chi connectivity index (χ1n) is 8.83. The summed E-state index contributed by atoms with van der Waals surface area (Å²) < 4.78 is 2.32. The van der Waals surface area contributed by atoms with Crippen molar-refractivity contribution >= 4 is 0 Å². The smallest absolute Gasteiger partial charge is 0.110 e. The van der Waals surface area contributed by atoms with Crippen molar-refractivity contribution in [2.24, 2.45) is 17.8 Å². The molecule has 1 unspecified atom stereocenters. The maximum Gasteiger partial charge on any atom is 0.110 e. The van der Waals surface area contributed by atoms with Gasteiger partial charge in [-0.15, -0.1) is 0 Å². The standard InChI is InChI=1S/C18H33N3/c1-5-11-21-12-10-20-18(21)13-17(19-4)16-8-6-15(7-9-16)14(2)3/h10,12,14-17,19H,5-9,11,13H2,1-4H3. The Balaban J connectivity index is 1.93.